The van der Waals surface area contributed by atoms with E-state index in [4.69, 9.17) is 9.84 Å². The highest BCUT2D eigenvalue weighted by Gasteiger charge is 2.01. The molecular weight excluding hydrogens is 258 g/mol. The van der Waals surface area contributed by atoms with Gasteiger partial charge in [0, 0.05) is 17.2 Å². The summed E-state index contributed by atoms with van der Waals surface area (Å²) in [7, 11) is 0. The lowest BCUT2D eigenvalue weighted by molar-refractivity contribution is -0.118. The minimum absolute atomic E-state index is 0.0185. The van der Waals surface area contributed by atoms with E-state index in [0.717, 1.165) is 5.75 Å². The number of amides is 1. The molecule has 1 rings (SSSR count). The molecule has 6 heteroatoms. The molecule has 0 unspecified atom stereocenters. The molecule has 0 radical (unpaired) electrons. The average molecular weight is 275 g/mol. The summed E-state index contributed by atoms with van der Waals surface area (Å²) < 4.78 is 5.03. The SMILES string of the molecule is O=C(CSCc1cccs1)NCCOCCO. The number of thiophene rings is 1. The van der Waals surface area contributed by atoms with Gasteiger partial charge in [-0.05, 0) is 11.4 Å². The van der Waals surface area contributed by atoms with Gasteiger partial charge in [-0.3, -0.25) is 4.79 Å². The molecule has 0 atom stereocenters. The van der Waals surface area contributed by atoms with Crippen LogP contribution in [0.15, 0.2) is 17.5 Å². The van der Waals surface area contributed by atoms with Crippen LogP contribution in [0.4, 0.5) is 0 Å². The van der Waals surface area contributed by atoms with Gasteiger partial charge in [0.15, 0.2) is 0 Å². The first kappa shape index (κ1) is 14.5. The van der Waals surface area contributed by atoms with Crippen molar-refractivity contribution in [2.75, 3.05) is 32.1 Å². The van der Waals surface area contributed by atoms with Crippen molar-refractivity contribution in [2.45, 2.75) is 5.75 Å². The summed E-state index contributed by atoms with van der Waals surface area (Å²) in [6.07, 6.45) is 0. The molecule has 2 N–H and O–H groups in total. The van der Waals surface area contributed by atoms with Crippen molar-refractivity contribution in [2.24, 2.45) is 0 Å². The van der Waals surface area contributed by atoms with Crippen LogP contribution in [-0.4, -0.2) is 43.1 Å². The van der Waals surface area contributed by atoms with Crippen LogP contribution in [0.2, 0.25) is 0 Å². The van der Waals surface area contributed by atoms with Gasteiger partial charge >= 0.3 is 0 Å². The summed E-state index contributed by atoms with van der Waals surface area (Å²) in [5.41, 5.74) is 0. The summed E-state index contributed by atoms with van der Waals surface area (Å²) in [4.78, 5) is 12.7. The molecule has 0 saturated carbocycles. The van der Waals surface area contributed by atoms with E-state index in [1.54, 1.807) is 23.1 Å². The standard InChI is InChI=1S/C11H17NO3S2/c13-4-6-15-5-3-12-11(14)9-16-8-10-2-1-7-17-10/h1-2,7,13H,3-6,8-9H2,(H,12,14). The first-order valence-electron chi connectivity index (χ1n) is 5.38. The van der Waals surface area contributed by atoms with Gasteiger partial charge in [0.2, 0.25) is 5.91 Å². The summed E-state index contributed by atoms with van der Waals surface area (Å²) in [6, 6.07) is 4.08. The van der Waals surface area contributed by atoms with Crippen LogP contribution in [0.3, 0.4) is 0 Å². The van der Waals surface area contributed by atoms with Gasteiger partial charge in [-0.1, -0.05) is 6.07 Å². The Bertz CT molecular complexity index is 304. The summed E-state index contributed by atoms with van der Waals surface area (Å²) in [6.45, 7) is 1.29. The monoisotopic (exact) mass is 275 g/mol. The largest absolute Gasteiger partial charge is 0.394 e. The molecular formula is C11H17NO3S2. The number of carbonyl (C=O) groups excluding carboxylic acids is 1. The van der Waals surface area contributed by atoms with Crippen LogP contribution >= 0.6 is 23.1 Å². The predicted molar refractivity (Wildman–Crippen MR) is 71.4 cm³/mol. The topological polar surface area (TPSA) is 58.6 Å². The predicted octanol–water partition coefficient (Wildman–Crippen LogP) is 1.11. The van der Waals surface area contributed by atoms with Crippen molar-refractivity contribution in [3.63, 3.8) is 0 Å². The Hall–Kier alpha value is -0.560. The Labute approximate surface area is 109 Å². The number of hydrogen-bond acceptors (Lipinski definition) is 5. The zero-order valence-corrected chi connectivity index (χ0v) is 11.2. The molecule has 17 heavy (non-hydrogen) atoms. The number of carbonyl (C=O) groups is 1. The van der Waals surface area contributed by atoms with Crippen molar-refractivity contribution in [1.29, 1.82) is 0 Å². The minimum atomic E-state index is 0.0185. The Morgan fingerprint density at radius 1 is 1.53 bits per heavy atom. The molecule has 4 nitrogen and oxygen atoms in total. The fourth-order valence-corrected chi connectivity index (χ4v) is 2.82. The third-order valence-electron chi connectivity index (χ3n) is 1.86. The van der Waals surface area contributed by atoms with Crippen molar-refractivity contribution in [1.82, 2.24) is 5.32 Å². The first-order valence-corrected chi connectivity index (χ1v) is 7.42. The van der Waals surface area contributed by atoms with E-state index < -0.39 is 0 Å². The third kappa shape index (κ3) is 7.38. The lowest BCUT2D eigenvalue weighted by Gasteiger charge is -2.05. The van der Waals surface area contributed by atoms with Crippen LogP contribution in [0.1, 0.15) is 4.88 Å². The highest BCUT2D eigenvalue weighted by Crippen LogP contribution is 2.16. The minimum Gasteiger partial charge on any atom is -0.394 e. The molecule has 1 aromatic rings. The molecule has 0 aliphatic rings. The maximum atomic E-state index is 11.4. The van der Waals surface area contributed by atoms with Gasteiger partial charge in [0.1, 0.15) is 0 Å². The normalized spacial score (nSPS) is 10.4. The van der Waals surface area contributed by atoms with Crippen LogP contribution in [0.5, 0.6) is 0 Å². The molecule has 0 aromatic carbocycles. The number of aliphatic hydroxyl groups is 1. The summed E-state index contributed by atoms with van der Waals surface area (Å²) >= 11 is 3.31. The molecule has 0 aliphatic carbocycles. The second kappa shape index (κ2) is 9.47. The first-order chi connectivity index (χ1) is 8.33. The van der Waals surface area contributed by atoms with E-state index >= 15 is 0 Å². The Kier molecular flexibility index (Phi) is 8.08. The molecule has 0 fully saturated rings. The second-order valence-corrected chi connectivity index (χ2v) is 5.28. The van der Waals surface area contributed by atoms with Crippen molar-refractivity contribution >= 4 is 29.0 Å². The second-order valence-electron chi connectivity index (χ2n) is 3.26. The van der Waals surface area contributed by atoms with Crippen molar-refractivity contribution in [3.05, 3.63) is 22.4 Å². The Morgan fingerprint density at radius 2 is 2.41 bits per heavy atom. The fraction of sp³-hybridized carbons (Fsp3) is 0.545. The van der Waals surface area contributed by atoms with Gasteiger partial charge in [-0.2, -0.15) is 0 Å². The van der Waals surface area contributed by atoms with Gasteiger partial charge in [0.05, 0.1) is 25.6 Å². The van der Waals surface area contributed by atoms with E-state index in [2.05, 4.69) is 11.4 Å². The van der Waals surface area contributed by atoms with Crippen LogP contribution < -0.4 is 5.32 Å². The van der Waals surface area contributed by atoms with E-state index in [0.29, 0.717) is 25.5 Å². The molecule has 0 aliphatic heterocycles. The highest BCUT2D eigenvalue weighted by atomic mass is 32.2. The molecule has 0 saturated heterocycles. The van der Waals surface area contributed by atoms with Crippen LogP contribution in [-0.2, 0) is 15.3 Å². The van der Waals surface area contributed by atoms with Crippen LogP contribution in [0, 0.1) is 0 Å². The molecule has 96 valence electrons. The molecule has 1 heterocycles. The van der Waals surface area contributed by atoms with Gasteiger partial charge in [-0.25, -0.2) is 0 Å². The van der Waals surface area contributed by atoms with E-state index in [1.807, 2.05) is 11.4 Å². The maximum Gasteiger partial charge on any atom is 0.230 e. The van der Waals surface area contributed by atoms with Crippen LogP contribution in [0.25, 0.3) is 0 Å². The molecule has 0 bridgehead atoms. The molecule has 1 aromatic heterocycles. The number of rotatable bonds is 9. The molecule has 0 spiro atoms. The van der Waals surface area contributed by atoms with Crippen molar-refractivity contribution in [3.8, 4) is 0 Å². The van der Waals surface area contributed by atoms with E-state index in [-0.39, 0.29) is 12.5 Å². The Balaban J connectivity index is 1.94. The third-order valence-corrected chi connectivity index (χ3v) is 3.90. The quantitative estimate of drug-likeness (QED) is 0.663. The Morgan fingerprint density at radius 3 is 3.12 bits per heavy atom. The lowest BCUT2D eigenvalue weighted by Crippen LogP contribution is -2.29. The molecule has 1 amide bonds. The van der Waals surface area contributed by atoms with Gasteiger partial charge < -0.3 is 15.2 Å². The lowest BCUT2D eigenvalue weighted by atomic mass is 10.5. The van der Waals surface area contributed by atoms with Crippen molar-refractivity contribution < 1.29 is 14.6 Å². The zero-order chi connectivity index (χ0) is 12.3. The highest BCUT2D eigenvalue weighted by molar-refractivity contribution is 7.99. The van der Waals surface area contributed by atoms with Gasteiger partial charge in [0.25, 0.3) is 0 Å². The number of thioether (sulfide) groups is 1. The average Bonchev–Trinajstić information content (AvgIpc) is 2.82. The number of ether oxygens (including phenoxy) is 1. The van der Waals surface area contributed by atoms with E-state index in [9.17, 15) is 4.79 Å². The number of nitrogens with one attached hydrogen (secondary N) is 1. The number of aliphatic hydroxyl groups excluding tert-OH is 1. The zero-order valence-electron chi connectivity index (χ0n) is 9.55. The maximum absolute atomic E-state index is 11.4. The number of hydrogen-bond donors (Lipinski definition) is 2. The van der Waals surface area contributed by atoms with E-state index in [1.165, 1.54) is 4.88 Å². The summed E-state index contributed by atoms with van der Waals surface area (Å²) in [5.74, 6) is 1.38. The van der Waals surface area contributed by atoms with Gasteiger partial charge in [-0.15, -0.1) is 23.1 Å². The smallest absolute Gasteiger partial charge is 0.230 e. The fourth-order valence-electron chi connectivity index (χ4n) is 1.12. The summed E-state index contributed by atoms with van der Waals surface area (Å²) in [5, 5.41) is 13.3.